The van der Waals surface area contributed by atoms with Crippen molar-refractivity contribution >= 4 is 17.5 Å². The first-order valence-corrected chi connectivity index (χ1v) is 12.1. The predicted molar refractivity (Wildman–Crippen MR) is 132 cm³/mol. The Bertz CT molecular complexity index is 1230. The molecule has 5 rings (SSSR count). The number of nitrogens with zero attached hydrogens (tertiary/aromatic N) is 7. The average molecular weight is 461 g/mol. The molecule has 0 aliphatic carbocycles. The lowest BCUT2D eigenvalue weighted by atomic mass is 10.0. The minimum absolute atomic E-state index is 0.0664. The number of rotatable bonds is 6. The maximum Gasteiger partial charge on any atom is 0.260 e. The van der Waals surface area contributed by atoms with Gasteiger partial charge in [0, 0.05) is 30.7 Å². The maximum atomic E-state index is 13.6. The highest BCUT2D eigenvalue weighted by molar-refractivity contribution is 6.10. The number of anilines is 2. The molecule has 178 valence electrons. The van der Waals surface area contributed by atoms with Crippen molar-refractivity contribution in [1.29, 1.82) is 0 Å². The summed E-state index contributed by atoms with van der Waals surface area (Å²) >= 11 is 0. The highest BCUT2D eigenvalue weighted by Gasteiger charge is 2.35. The van der Waals surface area contributed by atoms with E-state index in [0.717, 1.165) is 55.3 Å². The van der Waals surface area contributed by atoms with E-state index in [4.69, 9.17) is 15.7 Å². The second kappa shape index (κ2) is 8.79. The first-order chi connectivity index (χ1) is 16.4. The Hall–Kier alpha value is -3.33. The number of carbonyl (C=O) groups is 1. The topological polar surface area (TPSA) is 106 Å². The van der Waals surface area contributed by atoms with Crippen molar-refractivity contribution in [3.8, 4) is 11.5 Å². The lowest BCUT2D eigenvalue weighted by molar-refractivity contribution is 0.0996. The second-order valence-corrected chi connectivity index (χ2v) is 9.36. The van der Waals surface area contributed by atoms with E-state index in [1.807, 2.05) is 38.1 Å². The van der Waals surface area contributed by atoms with Crippen LogP contribution in [0.2, 0.25) is 0 Å². The van der Waals surface area contributed by atoms with Gasteiger partial charge in [0.05, 0.1) is 17.8 Å². The van der Waals surface area contributed by atoms with Crippen LogP contribution < -0.4 is 15.5 Å². The van der Waals surface area contributed by atoms with Gasteiger partial charge in [0.2, 0.25) is 0 Å². The molecule has 1 saturated heterocycles. The molecule has 0 bridgehead atoms. The lowest BCUT2D eigenvalue weighted by Gasteiger charge is -2.24. The third-order valence-corrected chi connectivity index (χ3v) is 6.84. The molecule has 1 fully saturated rings. The third-order valence-electron chi connectivity index (χ3n) is 6.84. The van der Waals surface area contributed by atoms with Gasteiger partial charge in [-0.2, -0.15) is 0 Å². The van der Waals surface area contributed by atoms with Gasteiger partial charge in [0.25, 0.3) is 5.91 Å². The summed E-state index contributed by atoms with van der Waals surface area (Å²) in [5, 5.41) is 8.58. The normalized spacial score (nSPS) is 18.6. The van der Waals surface area contributed by atoms with Crippen LogP contribution in [0.4, 0.5) is 11.6 Å². The Morgan fingerprint density at radius 2 is 2.03 bits per heavy atom. The Balaban J connectivity index is 1.52. The van der Waals surface area contributed by atoms with Gasteiger partial charge in [-0.25, -0.2) is 9.97 Å². The van der Waals surface area contributed by atoms with E-state index in [1.54, 1.807) is 4.90 Å². The molecule has 2 atom stereocenters. The minimum atomic E-state index is -0.269. The van der Waals surface area contributed by atoms with Crippen LogP contribution in [0.3, 0.4) is 0 Å². The van der Waals surface area contributed by atoms with Crippen LogP contribution in [0.5, 0.6) is 0 Å². The van der Waals surface area contributed by atoms with Gasteiger partial charge >= 0.3 is 0 Å². The van der Waals surface area contributed by atoms with E-state index in [1.165, 1.54) is 0 Å². The van der Waals surface area contributed by atoms with E-state index < -0.39 is 0 Å². The van der Waals surface area contributed by atoms with Gasteiger partial charge in [-0.3, -0.25) is 9.69 Å². The summed E-state index contributed by atoms with van der Waals surface area (Å²) in [5.41, 5.74) is 9.38. The Morgan fingerprint density at radius 3 is 2.74 bits per heavy atom. The zero-order chi connectivity index (χ0) is 24.0. The van der Waals surface area contributed by atoms with Crippen LogP contribution in [0.25, 0.3) is 11.5 Å². The van der Waals surface area contributed by atoms with Gasteiger partial charge in [0.15, 0.2) is 5.82 Å². The predicted octanol–water partition coefficient (Wildman–Crippen LogP) is 3.62. The fraction of sp³-hybridized carbons (Fsp3) is 0.480. The molecule has 3 aromatic heterocycles. The van der Waals surface area contributed by atoms with Gasteiger partial charge in [-0.05, 0) is 58.2 Å². The quantitative estimate of drug-likeness (QED) is 0.599. The van der Waals surface area contributed by atoms with E-state index >= 15 is 0 Å². The van der Waals surface area contributed by atoms with Crippen LogP contribution >= 0.6 is 0 Å². The molecule has 9 heteroatoms. The molecule has 34 heavy (non-hydrogen) atoms. The largest absolute Gasteiger partial charge is 0.354 e. The van der Waals surface area contributed by atoms with Gasteiger partial charge < -0.3 is 15.2 Å². The number of carbonyl (C=O) groups excluding carboxylic acids is 1. The molecule has 2 N–H and O–H groups in total. The summed E-state index contributed by atoms with van der Waals surface area (Å²) in [6.45, 7) is 10.4. The van der Waals surface area contributed by atoms with Crippen LogP contribution in [-0.4, -0.2) is 43.2 Å². The molecule has 9 nitrogen and oxygen atoms in total. The number of hydrogen-bond acceptors (Lipinski definition) is 7. The van der Waals surface area contributed by atoms with Crippen LogP contribution in [0.1, 0.15) is 73.5 Å². The van der Waals surface area contributed by atoms with Gasteiger partial charge in [0.1, 0.15) is 23.2 Å². The number of aromatic nitrogens is 5. The molecule has 3 aromatic rings. The molecular formula is C25H32N8O. The standard InChI is InChI=1S/C25H32N8O/c1-5-11-32-17(4)29-30-24(32)20-9-6-10-21(27-20)33-14-19-18(25(33)34)13-22(28-23(19)16(3)26)31-12-7-8-15(31)2/h6,9-10,13,15-16H,5,7-8,11-12,14,26H2,1-4H3/t15-,16+/m1/s1. The van der Waals surface area contributed by atoms with Crippen LogP contribution in [0.15, 0.2) is 24.3 Å². The van der Waals surface area contributed by atoms with Crippen molar-refractivity contribution in [2.24, 2.45) is 5.73 Å². The fourth-order valence-corrected chi connectivity index (χ4v) is 5.05. The number of hydrogen-bond donors (Lipinski definition) is 1. The first kappa shape index (κ1) is 22.5. The summed E-state index contributed by atoms with van der Waals surface area (Å²) in [5.74, 6) is 2.94. The zero-order valence-corrected chi connectivity index (χ0v) is 20.3. The van der Waals surface area contributed by atoms with Crippen molar-refractivity contribution in [3.63, 3.8) is 0 Å². The van der Waals surface area contributed by atoms with Crippen LogP contribution in [-0.2, 0) is 13.1 Å². The molecule has 0 unspecified atom stereocenters. The SMILES string of the molecule is CCCn1c(C)nnc1-c1cccc(N2Cc3c(cc(N4CCC[C@H]4C)nc3[C@H](C)N)C2=O)n1. The van der Waals surface area contributed by atoms with Crippen molar-refractivity contribution in [2.45, 2.75) is 72.1 Å². The highest BCUT2D eigenvalue weighted by atomic mass is 16.2. The highest BCUT2D eigenvalue weighted by Crippen LogP contribution is 2.35. The maximum absolute atomic E-state index is 13.6. The number of aryl methyl sites for hydroxylation is 1. The van der Waals surface area contributed by atoms with E-state index in [-0.39, 0.29) is 11.9 Å². The minimum Gasteiger partial charge on any atom is -0.354 e. The van der Waals surface area contributed by atoms with Crippen molar-refractivity contribution < 1.29 is 4.79 Å². The van der Waals surface area contributed by atoms with Crippen molar-refractivity contribution in [3.05, 3.63) is 46.9 Å². The molecule has 2 aliphatic heterocycles. The molecule has 0 spiro atoms. The zero-order valence-electron chi connectivity index (χ0n) is 20.3. The number of fused-ring (bicyclic) bond motifs is 1. The average Bonchev–Trinajstić information content (AvgIpc) is 3.51. The van der Waals surface area contributed by atoms with E-state index in [2.05, 4.69) is 33.5 Å². The molecule has 1 amide bonds. The number of amides is 1. The summed E-state index contributed by atoms with van der Waals surface area (Å²) < 4.78 is 2.06. The molecule has 0 radical (unpaired) electrons. The van der Waals surface area contributed by atoms with Gasteiger partial charge in [-0.1, -0.05) is 13.0 Å². The van der Waals surface area contributed by atoms with Crippen molar-refractivity contribution in [1.82, 2.24) is 24.7 Å². The lowest BCUT2D eigenvalue weighted by Crippen LogP contribution is -2.28. The second-order valence-electron chi connectivity index (χ2n) is 9.36. The Morgan fingerprint density at radius 1 is 1.21 bits per heavy atom. The monoisotopic (exact) mass is 460 g/mol. The summed E-state index contributed by atoms with van der Waals surface area (Å²) in [4.78, 5) is 27.3. The summed E-state index contributed by atoms with van der Waals surface area (Å²) in [6, 6.07) is 7.76. The molecule has 2 aliphatic rings. The van der Waals surface area contributed by atoms with Crippen LogP contribution in [0, 0.1) is 6.92 Å². The fourth-order valence-electron chi connectivity index (χ4n) is 5.05. The Labute approximate surface area is 200 Å². The first-order valence-electron chi connectivity index (χ1n) is 12.1. The third kappa shape index (κ3) is 3.73. The van der Waals surface area contributed by atoms with E-state index in [9.17, 15) is 4.79 Å². The molecule has 0 aromatic carbocycles. The van der Waals surface area contributed by atoms with Crippen molar-refractivity contribution in [2.75, 3.05) is 16.3 Å². The Kier molecular flexibility index (Phi) is 5.81. The smallest absolute Gasteiger partial charge is 0.260 e. The molecule has 5 heterocycles. The van der Waals surface area contributed by atoms with Gasteiger partial charge in [-0.15, -0.1) is 10.2 Å². The molecule has 0 saturated carbocycles. The van der Waals surface area contributed by atoms with E-state index in [0.29, 0.717) is 35.5 Å². The number of nitrogens with two attached hydrogens (primary N) is 1. The molecular weight excluding hydrogens is 428 g/mol. The summed E-state index contributed by atoms with van der Waals surface area (Å²) in [7, 11) is 0. The number of pyridine rings is 2. The summed E-state index contributed by atoms with van der Waals surface area (Å²) in [6.07, 6.45) is 3.23.